The van der Waals surface area contributed by atoms with Crippen molar-refractivity contribution in [3.8, 4) is 17.1 Å². The van der Waals surface area contributed by atoms with Crippen molar-refractivity contribution in [3.05, 3.63) is 52.0 Å². The summed E-state index contributed by atoms with van der Waals surface area (Å²) in [6.45, 7) is 0. The molecule has 0 radical (unpaired) electrons. The lowest BCUT2D eigenvalue weighted by Gasteiger charge is -2.06. The summed E-state index contributed by atoms with van der Waals surface area (Å²) >= 11 is 9.44. The molecule has 20 heavy (non-hydrogen) atoms. The molecule has 0 atom stereocenters. The number of halogens is 2. The second-order valence-electron chi connectivity index (χ2n) is 4.13. The summed E-state index contributed by atoms with van der Waals surface area (Å²) in [6.07, 6.45) is 0. The van der Waals surface area contributed by atoms with Crippen LogP contribution in [-0.4, -0.2) is 20.2 Å². The maximum Gasteiger partial charge on any atom is 0.187 e. The highest BCUT2D eigenvalue weighted by Crippen LogP contribution is 2.26. The SMILES string of the molecule is Nc1ccc(-c2nnnn2-c2ccc(Br)cc2)cc1Cl. The molecule has 0 spiro atoms. The van der Waals surface area contributed by atoms with E-state index in [1.165, 1.54) is 0 Å². The molecule has 5 nitrogen and oxygen atoms in total. The number of tetrazole rings is 1. The molecule has 2 aromatic carbocycles. The van der Waals surface area contributed by atoms with Gasteiger partial charge in [0.05, 0.1) is 16.4 Å². The zero-order chi connectivity index (χ0) is 14.1. The number of hydrogen-bond acceptors (Lipinski definition) is 4. The van der Waals surface area contributed by atoms with Gasteiger partial charge in [-0.2, -0.15) is 4.68 Å². The van der Waals surface area contributed by atoms with E-state index < -0.39 is 0 Å². The van der Waals surface area contributed by atoms with Crippen molar-refractivity contribution in [1.82, 2.24) is 20.2 Å². The molecule has 1 aromatic heterocycles. The smallest absolute Gasteiger partial charge is 0.187 e. The van der Waals surface area contributed by atoms with E-state index >= 15 is 0 Å². The molecular weight excluding hydrogens is 342 g/mol. The largest absolute Gasteiger partial charge is 0.398 e. The fraction of sp³-hybridized carbons (Fsp3) is 0. The van der Waals surface area contributed by atoms with E-state index in [0.29, 0.717) is 16.5 Å². The van der Waals surface area contributed by atoms with Crippen molar-refractivity contribution in [3.63, 3.8) is 0 Å². The van der Waals surface area contributed by atoms with Crippen LogP contribution < -0.4 is 5.73 Å². The summed E-state index contributed by atoms with van der Waals surface area (Å²) in [6, 6.07) is 13.0. The highest BCUT2D eigenvalue weighted by Gasteiger charge is 2.11. The number of rotatable bonds is 2. The van der Waals surface area contributed by atoms with Gasteiger partial charge in [-0.3, -0.25) is 0 Å². The van der Waals surface area contributed by atoms with Crippen LogP contribution >= 0.6 is 27.5 Å². The first-order valence-electron chi connectivity index (χ1n) is 5.75. The van der Waals surface area contributed by atoms with E-state index in [9.17, 15) is 0 Å². The number of benzene rings is 2. The molecule has 0 aliphatic rings. The first-order valence-corrected chi connectivity index (χ1v) is 6.92. The molecule has 0 fully saturated rings. The van der Waals surface area contributed by atoms with Crippen molar-refractivity contribution in [1.29, 1.82) is 0 Å². The molecule has 1 heterocycles. The maximum atomic E-state index is 6.04. The van der Waals surface area contributed by atoms with Gasteiger partial charge in [-0.05, 0) is 52.9 Å². The zero-order valence-electron chi connectivity index (χ0n) is 10.2. The average Bonchev–Trinajstić information content (AvgIpc) is 2.92. The Kier molecular flexibility index (Phi) is 3.42. The highest BCUT2D eigenvalue weighted by molar-refractivity contribution is 9.10. The van der Waals surface area contributed by atoms with Gasteiger partial charge in [-0.15, -0.1) is 5.10 Å². The molecule has 0 saturated carbocycles. The second-order valence-corrected chi connectivity index (χ2v) is 5.45. The van der Waals surface area contributed by atoms with E-state index in [1.807, 2.05) is 30.3 Å². The minimum Gasteiger partial charge on any atom is -0.398 e. The molecule has 0 aliphatic heterocycles. The predicted molar refractivity (Wildman–Crippen MR) is 81.7 cm³/mol. The Balaban J connectivity index is 2.10. The second kappa shape index (κ2) is 5.22. The molecule has 0 bridgehead atoms. The van der Waals surface area contributed by atoms with Crippen LogP contribution in [0.2, 0.25) is 5.02 Å². The van der Waals surface area contributed by atoms with E-state index in [4.69, 9.17) is 17.3 Å². The lowest BCUT2D eigenvalue weighted by Crippen LogP contribution is -1.99. The van der Waals surface area contributed by atoms with Gasteiger partial charge in [0.2, 0.25) is 0 Å². The van der Waals surface area contributed by atoms with Crippen LogP contribution in [0.3, 0.4) is 0 Å². The van der Waals surface area contributed by atoms with E-state index in [0.717, 1.165) is 15.7 Å². The Labute approximate surface area is 128 Å². The Hall–Kier alpha value is -1.92. The first kappa shape index (κ1) is 13.1. The van der Waals surface area contributed by atoms with Gasteiger partial charge in [0, 0.05) is 10.0 Å². The number of aromatic nitrogens is 4. The van der Waals surface area contributed by atoms with Gasteiger partial charge in [0.15, 0.2) is 5.82 Å². The van der Waals surface area contributed by atoms with Crippen LogP contribution in [0.1, 0.15) is 0 Å². The normalized spacial score (nSPS) is 10.7. The minimum atomic E-state index is 0.479. The van der Waals surface area contributed by atoms with Crippen molar-refractivity contribution in [2.75, 3.05) is 5.73 Å². The van der Waals surface area contributed by atoms with E-state index in [1.54, 1.807) is 16.8 Å². The number of anilines is 1. The summed E-state index contributed by atoms with van der Waals surface area (Å²) < 4.78 is 2.64. The Morgan fingerprint density at radius 2 is 1.85 bits per heavy atom. The van der Waals surface area contributed by atoms with Gasteiger partial charge < -0.3 is 5.73 Å². The predicted octanol–water partition coefficient (Wildman–Crippen LogP) is 3.33. The van der Waals surface area contributed by atoms with Gasteiger partial charge in [0.1, 0.15) is 0 Å². The summed E-state index contributed by atoms with van der Waals surface area (Å²) in [4.78, 5) is 0. The molecule has 3 rings (SSSR count). The summed E-state index contributed by atoms with van der Waals surface area (Å²) in [5.74, 6) is 0.606. The van der Waals surface area contributed by atoms with Crippen molar-refractivity contribution in [2.45, 2.75) is 0 Å². The van der Waals surface area contributed by atoms with Crippen LogP contribution in [0.15, 0.2) is 46.9 Å². The van der Waals surface area contributed by atoms with Crippen LogP contribution in [0, 0.1) is 0 Å². The molecule has 0 aliphatic carbocycles. The standard InChI is InChI=1S/C13H9BrClN5/c14-9-2-4-10(5-3-9)20-13(17-18-19-20)8-1-6-12(16)11(15)7-8/h1-7H,16H2. The number of nitrogens with two attached hydrogens (primary N) is 1. The Bertz CT molecular complexity index is 754. The van der Waals surface area contributed by atoms with Crippen molar-refractivity contribution < 1.29 is 0 Å². The molecule has 0 unspecified atom stereocenters. The third-order valence-electron chi connectivity index (χ3n) is 2.80. The third-order valence-corrected chi connectivity index (χ3v) is 3.66. The van der Waals surface area contributed by atoms with Gasteiger partial charge in [-0.25, -0.2) is 0 Å². The molecule has 0 saturated heterocycles. The lowest BCUT2D eigenvalue weighted by atomic mass is 10.2. The summed E-state index contributed by atoms with van der Waals surface area (Å²) in [7, 11) is 0. The maximum absolute atomic E-state index is 6.04. The Morgan fingerprint density at radius 3 is 2.55 bits per heavy atom. The molecule has 3 aromatic rings. The average molecular weight is 351 g/mol. The number of nitrogen functional groups attached to an aromatic ring is 1. The highest BCUT2D eigenvalue weighted by atomic mass is 79.9. The fourth-order valence-electron chi connectivity index (χ4n) is 1.79. The Morgan fingerprint density at radius 1 is 1.10 bits per heavy atom. The van der Waals surface area contributed by atoms with Crippen LogP contribution in [-0.2, 0) is 0 Å². The fourth-order valence-corrected chi connectivity index (χ4v) is 2.23. The van der Waals surface area contributed by atoms with Gasteiger partial charge in [0.25, 0.3) is 0 Å². The molecular formula is C13H9BrClN5. The number of hydrogen-bond donors (Lipinski definition) is 1. The monoisotopic (exact) mass is 349 g/mol. The summed E-state index contributed by atoms with van der Waals surface area (Å²) in [5, 5.41) is 12.3. The molecule has 0 amide bonds. The van der Waals surface area contributed by atoms with Crippen molar-refractivity contribution in [2.24, 2.45) is 0 Å². The van der Waals surface area contributed by atoms with Crippen molar-refractivity contribution >= 4 is 33.2 Å². The molecule has 2 N–H and O–H groups in total. The minimum absolute atomic E-state index is 0.479. The third kappa shape index (κ3) is 2.39. The lowest BCUT2D eigenvalue weighted by molar-refractivity contribution is 0.791. The van der Waals surface area contributed by atoms with E-state index in [-0.39, 0.29) is 0 Å². The quantitative estimate of drug-likeness (QED) is 0.720. The molecule has 100 valence electrons. The molecule has 7 heteroatoms. The number of nitrogens with zero attached hydrogens (tertiary/aromatic N) is 4. The van der Waals surface area contributed by atoms with Crippen LogP contribution in [0.5, 0.6) is 0 Å². The first-order chi connectivity index (χ1) is 9.65. The zero-order valence-corrected chi connectivity index (χ0v) is 12.5. The van der Waals surface area contributed by atoms with Gasteiger partial charge >= 0.3 is 0 Å². The topological polar surface area (TPSA) is 69.6 Å². The van der Waals surface area contributed by atoms with Crippen LogP contribution in [0.4, 0.5) is 5.69 Å². The van der Waals surface area contributed by atoms with Crippen LogP contribution in [0.25, 0.3) is 17.1 Å². The summed E-state index contributed by atoms with van der Waals surface area (Å²) in [5.41, 5.74) is 7.90. The van der Waals surface area contributed by atoms with E-state index in [2.05, 4.69) is 31.5 Å². The van der Waals surface area contributed by atoms with Gasteiger partial charge in [-0.1, -0.05) is 27.5 Å².